The van der Waals surface area contributed by atoms with Crippen LogP contribution in [0.25, 0.3) is 0 Å². The zero-order valence-electron chi connectivity index (χ0n) is 23.3. The van der Waals surface area contributed by atoms with Gasteiger partial charge >= 0.3 is 0 Å². The van der Waals surface area contributed by atoms with Crippen molar-refractivity contribution in [1.29, 1.82) is 0 Å². The van der Waals surface area contributed by atoms with Gasteiger partial charge in [-0.1, -0.05) is 39.5 Å². The highest BCUT2D eigenvalue weighted by Crippen LogP contribution is 2.50. The summed E-state index contributed by atoms with van der Waals surface area (Å²) >= 11 is 0. The number of ether oxygens (including phenoxy) is 2. The van der Waals surface area contributed by atoms with E-state index in [0.29, 0.717) is 23.7 Å². The molecule has 3 aliphatic heterocycles. The molecule has 6 fully saturated rings. The molecule has 35 heavy (non-hydrogen) atoms. The molecular weight excluding hydrogens is 430 g/mol. The van der Waals surface area contributed by atoms with E-state index < -0.39 is 0 Å². The molecule has 8 atom stereocenters. The van der Waals surface area contributed by atoms with Crippen LogP contribution in [0.5, 0.6) is 0 Å². The zero-order valence-corrected chi connectivity index (χ0v) is 23.3. The number of rotatable bonds is 5. The maximum Gasteiger partial charge on any atom is 0.0939 e. The standard InChI is InChI=1S/C32H55NO2/c1-4-34-25-16-14-23(15-17-25)29-18-19-30(35-29)24-20-28(22-10-6-5-7-11-22)33-27-13-9-8-12-26(27)32(2,3)31(33)21-24/h22-31H,4-21H2,1-3H3/p+1. The number of hydrogen-bond donors (Lipinski definition) is 1. The highest BCUT2D eigenvalue weighted by molar-refractivity contribution is 5.02. The molecule has 6 aliphatic rings. The molecule has 8 unspecified atom stereocenters. The number of quaternary nitrogens is 1. The normalized spacial score (nSPS) is 48.4. The Bertz CT molecular complexity index is 694. The molecule has 200 valence electrons. The van der Waals surface area contributed by atoms with Crippen LogP contribution >= 0.6 is 0 Å². The molecule has 3 nitrogen and oxygen atoms in total. The minimum absolute atomic E-state index is 0.516. The third-order valence-corrected chi connectivity index (χ3v) is 12.5. The first kappa shape index (κ1) is 25.2. The molecule has 0 bridgehead atoms. The molecule has 0 aromatic carbocycles. The van der Waals surface area contributed by atoms with Gasteiger partial charge in [0.15, 0.2) is 0 Å². The lowest BCUT2D eigenvalue weighted by molar-refractivity contribution is -0.975. The summed E-state index contributed by atoms with van der Waals surface area (Å²) in [5.74, 6) is 3.58. The molecule has 6 rings (SSSR count). The van der Waals surface area contributed by atoms with Crippen LogP contribution in [0.2, 0.25) is 0 Å². The molecule has 3 heterocycles. The molecule has 0 spiro atoms. The fourth-order valence-corrected chi connectivity index (χ4v) is 10.8. The van der Waals surface area contributed by atoms with Gasteiger partial charge in [-0.2, -0.15) is 0 Å². The van der Waals surface area contributed by atoms with Crippen molar-refractivity contribution in [3.8, 4) is 0 Å². The lowest BCUT2D eigenvalue weighted by Gasteiger charge is -2.48. The van der Waals surface area contributed by atoms with Crippen molar-refractivity contribution in [2.24, 2.45) is 29.1 Å². The van der Waals surface area contributed by atoms with Crippen molar-refractivity contribution >= 4 is 0 Å². The summed E-state index contributed by atoms with van der Waals surface area (Å²) in [5, 5.41) is 0. The van der Waals surface area contributed by atoms with E-state index in [0.717, 1.165) is 48.4 Å². The van der Waals surface area contributed by atoms with E-state index in [4.69, 9.17) is 9.47 Å². The summed E-state index contributed by atoms with van der Waals surface area (Å²) in [5.41, 5.74) is 0.516. The molecule has 0 amide bonds. The second-order valence-electron chi connectivity index (χ2n) is 14.4. The zero-order chi connectivity index (χ0) is 24.0. The van der Waals surface area contributed by atoms with Gasteiger partial charge in [-0.25, -0.2) is 0 Å². The monoisotopic (exact) mass is 486 g/mol. The van der Waals surface area contributed by atoms with Gasteiger partial charge in [0.25, 0.3) is 0 Å². The van der Waals surface area contributed by atoms with E-state index in [1.165, 1.54) is 109 Å². The molecule has 0 aromatic rings. The summed E-state index contributed by atoms with van der Waals surface area (Å²) in [7, 11) is 0. The first-order valence-corrected chi connectivity index (χ1v) is 16.2. The summed E-state index contributed by atoms with van der Waals surface area (Å²) in [6, 6.07) is 2.77. The van der Waals surface area contributed by atoms with Crippen molar-refractivity contribution in [1.82, 2.24) is 0 Å². The lowest BCUT2D eigenvalue weighted by atomic mass is 9.66. The Morgan fingerprint density at radius 2 is 1.37 bits per heavy atom. The first-order chi connectivity index (χ1) is 17.1. The van der Waals surface area contributed by atoms with Crippen LogP contribution in [0.3, 0.4) is 0 Å². The molecule has 1 N–H and O–H groups in total. The van der Waals surface area contributed by atoms with Crippen LogP contribution in [0.1, 0.15) is 130 Å². The molecule has 0 aromatic heterocycles. The molecule has 0 radical (unpaired) electrons. The third-order valence-electron chi connectivity index (χ3n) is 12.5. The lowest BCUT2D eigenvalue weighted by Crippen LogP contribution is -3.23. The van der Waals surface area contributed by atoms with E-state index in [-0.39, 0.29) is 0 Å². The summed E-state index contributed by atoms with van der Waals surface area (Å²) in [6.45, 7) is 8.39. The summed E-state index contributed by atoms with van der Waals surface area (Å²) in [4.78, 5) is 2.12. The first-order valence-electron chi connectivity index (χ1n) is 16.2. The quantitative estimate of drug-likeness (QED) is 0.490. The van der Waals surface area contributed by atoms with Gasteiger partial charge in [-0.15, -0.1) is 0 Å². The minimum Gasteiger partial charge on any atom is -0.379 e. The Morgan fingerprint density at radius 1 is 0.686 bits per heavy atom. The molecule has 3 saturated heterocycles. The topological polar surface area (TPSA) is 22.9 Å². The van der Waals surface area contributed by atoms with Gasteiger partial charge in [0.05, 0.1) is 36.4 Å². The Labute approximate surface area is 216 Å². The predicted octanol–water partition coefficient (Wildman–Crippen LogP) is 6.34. The Morgan fingerprint density at radius 3 is 2.11 bits per heavy atom. The van der Waals surface area contributed by atoms with Gasteiger partial charge < -0.3 is 14.4 Å². The maximum absolute atomic E-state index is 7.06. The Kier molecular flexibility index (Phi) is 7.60. The van der Waals surface area contributed by atoms with Gasteiger partial charge in [0, 0.05) is 36.7 Å². The second-order valence-corrected chi connectivity index (χ2v) is 14.4. The van der Waals surface area contributed by atoms with Crippen molar-refractivity contribution in [3.63, 3.8) is 0 Å². The van der Waals surface area contributed by atoms with Crippen molar-refractivity contribution in [2.75, 3.05) is 6.61 Å². The van der Waals surface area contributed by atoms with Gasteiger partial charge in [-0.3, -0.25) is 0 Å². The fraction of sp³-hybridized carbons (Fsp3) is 1.00. The number of fused-ring (bicyclic) bond motifs is 3. The average Bonchev–Trinajstić information content (AvgIpc) is 3.47. The summed E-state index contributed by atoms with van der Waals surface area (Å²) in [6.07, 6.45) is 25.9. The van der Waals surface area contributed by atoms with Crippen LogP contribution in [0.4, 0.5) is 0 Å². The molecule has 3 saturated carbocycles. The highest BCUT2D eigenvalue weighted by Gasteiger charge is 2.63. The second kappa shape index (κ2) is 10.6. The highest BCUT2D eigenvalue weighted by atomic mass is 16.5. The molecule has 3 aliphatic carbocycles. The smallest absolute Gasteiger partial charge is 0.0939 e. The Hall–Kier alpha value is -0.120. The number of piperidine rings is 1. The van der Waals surface area contributed by atoms with E-state index in [1.54, 1.807) is 0 Å². The fourth-order valence-electron chi connectivity index (χ4n) is 10.8. The maximum atomic E-state index is 7.06. The van der Waals surface area contributed by atoms with Gasteiger partial charge in [0.1, 0.15) is 0 Å². The average molecular weight is 487 g/mol. The third kappa shape index (κ3) is 4.78. The largest absolute Gasteiger partial charge is 0.379 e. The van der Waals surface area contributed by atoms with E-state index in [1.807, 2.05) is 0 Å². The predicted molar refractivity (Wildman–Crippen MR) is 143 cm³/mol. The summed E-state index contributed by atoms with van der Waals surface area (Å²) < 4.78 is 13.0. The van der Waals surface area contributed by atoms with E-state index in [9.17, 15) is 0 Å². The van der Waals surface area contributed by atoms with Crippen molar-refractivity contribution < 1.29 is 14.4 Å². The Balaban J connectivity index is 1.16. The van der Waals surface area contributed by atoms with Gasteiger partial charge in [0.2, 0.25) is 0 Å². The minimum atomic E-state index is 0.516. The van der Waals surface area contributed by atoms with Crippen LogP contribution < -0.4 is 4.90 Å². The van der Waals surface area contributed by atoms with E-state index in [2.05, 4.69) is 25.7 Å². The van der Waals surface area contributed by atoms with Gasteiger partial charge in [-0.05, 0) is 89.4 Å². The van der Waals surface area contributed by atoms with E-state index >= 15 is 0 Å². The SMILES string of the molecule is CCOC1CCC(C2CCC(C3CC(C4CCCCC4)[NH+]4C5CCCCC5C(C)(C)C4C3)O2)CC1. The molecular formula is C32H56NO2+. The number of nitrogens with one attached hydrogen (secondary N) is 1. The van der Waals surface area contributed by atoms with Crippen LogP contribution in [0.15, 0.2) is 0 Å². The number of hydrogen-bond acceptors (Lipinski definition) is 2. The van der Waals surface area contributed by atoms with Crippen molar-refractivity contribution in [2.45, 2.75) is 166 Å². The van der Waals surface area contributed by atoms with Crippen LogP contribution in [0, 0.1) is 29.1 Å². The van der Waals surface area contributed by atoms with Crippen molar-refractivity contribution in [3.05, 3.63) is 0 Å². The van der Waals surface area contributed by atoms with Crippen LogP contribution in [-0.2, 0) is 9.47 Å². The molecule has 3 heteroatoms. The van der Waals surface area contributed by atoms with Crippen LogP contribution in [-0.4, -0.2) is 43.0 Å².